The van der Waals surface area contributed by atoms with Crippen LogP contribution in [-0.2, 0) is 11.0 Å². The second-order valence-electron chi connectivity index (χ2n) is 7.22. The minimum absolute atomic E-state index is 0.0559. The highest BCUT2D eigenvalue weighted by Crippen LogP contribution is 2.33. The Bertz CT molecular complexity index is 1090. The number of ether oxygens (including phenoxy) is 1. The summed E-state index contributed by atoms with van der Waals surface area (Å²) in [6.07, 6.45) is -4.15. The predicted molar refractivity (Wildman–Crippen MR) is 119 cm³/mol. The van der Waals surface area contributed by atoms with Crippen LogP contribution in [0.3, 0.4) is 0 Å². The van der Waals surface area contributed by atoms with Crippen molar-refractivity contribution in [2.24, 2.45) is 0 Å². The second-order valence-corrected chi connectivity index (χ2v) is 8.33. The summed E-state index contributed by atoms with van der Waals surface area (Å²) < 4.78 is 44.3. The SMILES string of the molecule is CCC(Oc1ccc(-c2ccc(C(F)(F)F)cc2)cc1)c1ccc(C(=O)NCCC(=O)O)s1. The number of carboxylic acid groups (broad SMARTS) is 1. The zero-order chi connectivity index (χ0) is 24.0. The predicted octanol–water partition coefficient (Wildman–Crippen LogP) is 6.17. The van der Waals surface area contributed by atoms with Gasteiger partial charge in [-0.1, -0.05) is 31.2 Å². The Morgan fingerprint density at radius 3 is 2.15 bits per heavy atom. The van der Waals surface area contributed by atoms with Crippen LogP contribution < -0.4 is 10.1 Å². The van der Waals surface area contributed by atoms with Crippen molar-refractivity contribution in [2.45, 2.75) is 32.0 Å². The van der Waals surface area contributed by atoms with Gasteiger partial charge in [-0.05, 0) is 53.9 Å². The molecule has 1 unspecified atom stereocenters. The van der Waals surface area contributed by atoms with Crippen molar-refractivity contribution >= 4 is 23.2 Å². The Hall–Kier alpha value is -3.33. The monoisotopic (exact) mass is 477 g/mol. The number of halogens is 3. The summed E-state index contributed by atoms with van der Waals surface area (Å²) in [5.74, 6) is -0.715. The Labute approximate surface area is 192 Å². The maximum Gasteiger partial charge on any atom is 0.416 e. The lowest BCUT2D eigenvalue weighted by Gasteiger charge is -2.16. The maximum atomic E-state index is 12.7. The van der Waals surface area contributed by atoms with Gasteiger partial charge in [0.25, 0.3) is 5.91 Å². The van der Waals surface area contributed by atoms with Gasteiger partial charge >= 0.3 is 12.1 Å². The van der Waals surface area contributed by atoms with E-state index in [2.05, 4.69) is 5.32 Å². The number of thiophene rings is 1. The molecule has 0 spiro atoms. The molecule has 0 radical (unpaired) electrons. The van der Waals surface area contributed by atoms with Crippen molar-refractivity contribution < 1.29 is 32.6 Å². The minimum atomic E-state index is -4.37. The number of alkyl halides is 3. The molecule has 2 N–H and O–H groups in total. The molecule has 33 heavy (non-hydrogen) atoms. The average molecular weight is 478 g/mol. The van der Waals surface area contributed by atoms with Gasteiger partial charge in [-0.15, -0.1) is 11.3 Å². The van der Waals surface area contributed by atoms with E-state index in [1.165, 1.54) is 23.5 Å². The van der Waals surface area contributed by atoms with Crippen molar-refractivity contribution in [2.75, 3.05) is 6.54 Å². The zero-order valence-corrected chi connectivity index (χ0v) is 18.5. The van der Waals surface area contributed by atoms with E-state index in [4.69, 9.17) is 9.84 Å². The molecular weight excluding hydrogens is 455 g/mol. The third kappa shape index (κ3) is 6.58. The van der Waals surface area contributed by atoms with Gasteiger partial charge in [0.2, 0.25) is 0 Å². The lowest BCUT2D eigenvalue weighted by Crippen LogP contribution is -2.25. The molecule has 0 bridgehead atoms. The Morgan fingerprint density at radius 1 is 1.00 bits per heavy atom. The molecule has 3 aromatic rings. The van der Waals surface area contributed by atoms with Crippen LogP contribution in [0.4, 0.5) is 13.2 Å². The second kappa shape index (κ2) is 10.5. The quantitative estimate of drug-likeness (QED) is 0.387. The summed E-state index contributed by atoms with van der Waals surface area (Å²) in [6.45, 7) is 2.01. The van der Waals surface area contributed by atoms with Gasteiger partial charge in [0.05, 0.1) is 16.9 Å². The van der Waals surface area contributed by atoms with Crippen molar-refractivity contribution in [3.8, 4) is 16.9 Å². The van der Waals surface area contributed by atoms with Gasteiger partial charge in [0.1, 0.15) is 11.9 Å². The van der Waals surface area contributed by atoms with E-state index >= 15 is 0 Å². The van der Waals surface area contributed by atoms with E-state index in [0.717, 1.165) is 22.6 Å². The summed E-state index contributed by atoms with van der Waals surface area (Å²) in [7, 11) is 0. The molecule has 1 atom stereocenters. The van der Waals surface area contributed by atoms with Crippen LogP contribution in [0.15, 0.2) is 60.7 Å². The van der Waals surface area contributed by atoms with Gasteiger partial charge < -0.3 is 15.2 Å². The van der Waals surface area contributed by atoms with Gasteiger partial charge in [0.15, 0.2) is 0 Å². The number of carbonyl (C=O) groups is 2. The van der Waals surface area contributed by atoms with Gasteiger partial charge in [-0.25, -0.2) is 0 Å². The molecule has 3 rings (SSSR count). The van der Waals surface area contributed by atoms with Crippen LogP contribution in [-0.4, -0.2) is 23.5 Å². The molecule has 0 fully saturated rings. The van der Waals surface area contributed by atoms with Crippen LogP contribution in [0.2, 0.25) is 0 Å². The minimum Gasteiger partial charge on any atom is -0.485 e. The number of nitrogens with one attached hydrogen (secondary N) is 1. The van der Waals surface area contributed by atoms with E-state index in [1.54, 1.807) is 30.3 Å². The number of carbonyl (C=O) groups excluding carboxylic acids is 1. The molecule has 1 heterocycles. The van der Waals surface area contributed by atoms with Crippen LogP contribution in [0.1, 0.15) is 46.0 Å². The third-order valence-corrected chi connectivity index (χ3v) is 6.02. The number of hydrogen-bond acceptors (Lipinski definition) is 4. The summed E-state index contributed by atoms with van der Waals surface area (Å²) in [5, 5.41) is 11.2. The first-order valence-corrected chi connectivity index (χ1v) is 11.0. The van der Waals surface area contributed by atoms with Crippen LogP contribution in [0.25, 0.3) is 11.1 Å². The van der Waals surface area contributed by atoms with Crippen LogP contribution >= 0.6 is 11.3 Å². The largest absolute Gasteiger partial charge is 0.485 e. The first kappa shape index (κ1) is 24.3. The van der Waals surface area contributed by atoms with Crippen molar-refractivity contribution in [1.29, 1.82) is 0 Å². The maximum absolute atomic E-state index is 12.7. The Kier molecular flexibility index (Phi) is 7.75. The molecule has 0 saturated heterocycles. The standard InChI is InChI=1S/C24H22F3NO4S/c1-2-19(20-11-12-21(33-20)23(31)28-14-13-22(29)30)32-18-9-5-16(6-10-18)15-3-7-17(8-4-15)24(25,26)27/h3-12,19H,2,13-14H2,1H3,(H,28,31)(H,29,30). The lowest BCUT2D eigenvalue weighted by molar-refractivity contribution is -0.138. The van der Waals surface area contributed by atoms with Crippen LogP contribution in [0, 0.1) is 0 Å². The van der Waals surface area contributed by atoms with E-state index in [-0.39, 0.29) is 25.0 Å². The van der Waals surface area contributed by atoms with Crippen LogP contribution in [0.5, 0.6) is 5.75 Å². The summed E-state index contributed by atoms with van der Waals surface area (Å²) in [6, 6.07) is 15.5. The van der Waals surface area contributed by atoms with E-state index in [0.29, 0.717) is 22.6 Å². The molecule has 9 heteroatoms. The number of aliphatic carboxylic acids is 1. The molecule has 0 aliphatic rings. The van der Waals surface area contributed by atoms with E-state index < -0.39 is 17.7 Å². The van der Waals surface area contributed by atoms with Gasteiger partial charge in [-0.3, -0.25) is 9.59 Å². The fourth-order valence-corrected chi connectivity index (χ4v) is 4.14. The summed E-state index contributed by atoms with van der Waals surface area (Å²) in [4.78, 5) is 24.1. The molecule has 5 nitrogen and oxygen atoms in total. The lowest BCUT2D eigenvalue weighted by atomic mass is 10.0. The number of benzene rings is 2. The van der Waals surface area contributed by atoms with Crippen molar-refractivity contribution in [3.63, 3.8) is 0 Å². The number of carboxylic acids is 1. The highest BCUT2D eigenvalue weighted by atomic mass is 32.1. The number of hydrogen-bond donors (Lipinski definition) is 2. The molecule has 0 aliphatic heterocycles. The molecule has 1 amide bonds. The highest BCUT2D eigenvalue weighted by Gasteiger charge is 2.30. The number of rotatable bonds is 9. The fraction of sp³-hybridized carbons (Fsp3) is 0.250. The van der Waals surface area contributed by atoms with Crippen molar-refractivity contribution in [1.82, 2.24) is 5.32 Å². The molecule has 0 aliphatic carbocycles. The highest BCUT2D eigenvalue weighted by molar-refractivity contribution is 7.14. The zero-order valence-electron chi connectivity index (χ0n) is 17.7. The van der Waals surface area contributed by atoms with E-state index in [9.17, 15) is 22.8 Å². The van der Waals surface area contributed by atoms with Gasteiger partial charge in [-0.2, -0.15) is 13.2 Å². The first-order chi connectivity index (χ1) is 15.7. The van der Waals surface area contributed by atoms with Gasteiger partial charge in [0, 0.05) is 11.4 Å². The smallest absolute Gasteiger partial charge is 0.416 e. The molecule has 2 aromatic carbocycles. The molecule has 0 saturated carbocycles. The summed E-state index contributed by atoms with van der Waals surface area (Å²) >= 11 is 1.28. The summed E-state index contributed by atoms with van der Waals surface area (Å²) in [5.41, 5.74) is 0.738. The van der Waals surface area contributed by atoms with E-state index in [1.807, 2.05) is 13.0 Å². The molecule has 174 valence electrons. The normalized spacial score (nSPS) is 12.2. The first-order valence-electron chi connectivity index (χ1n) is 10.2. The Balaban J connectivity index is 1.64. The van der Waals surface area contributed by atoms with Crippen molar-refractivity contribution in [3.05, 3.63) is 76.0 Å². The third-order valence-electron chi connectivity index (χ3n) is 4.84. The fourth-order valence-electron chi connectivity index (χ4n) is 3.10. The topological polar surface area (TPSA) is 75.6 Å². The molecular formula is C24H22F3NO4S. The number of amides is 1. The average Bonchev–Trinajstić information content (AvgIpc) is 3.27. The molecule has 1 aromatic heterocycles. The Morgan fingerprint density at radius 2 is 1.61 bits per heavy atom.